The fourth-order valence-electron chi connectivity index (χ4n) is 2.83. The van der Waals surface area contributed by atoms with Crippen LogP contribution in [0.5, 0.6) is 0 Å². The van der Waals surface area contributed by atoms with Crippen LogP contribution in [-0.4, -0.2) is 9.55 Å². The molecule has 2 aromatic carbocycles. The van der Waals surface area contributed by atoms with Crippen molar-refractivity contribution < 1.29 is 17.0 Å². The fourth-order valence-corrected chi connectivity index (χ4v) is 2.83. The first-order valence-electron chi connectivity index (χ1n) is 7.83. The highest BCUT2D eigenvalue weighted by Crippen LogP contribution is 2.12. The third-order valence-corrected chi connectivity index (χ3v) is 3.96. The molecular weight excluding hydrogens is 334 g/mol. The first-order chi connectivity index (χ1) is 11.8. The van der Waals surface area contributed by atoms with Gasteiger partial charge in [-0.25, -0.2) is 4.98 Å². The minimum Gasteiger partial charge on any atom is -1.00 e. The molecule has 2 heterocycles. The molecule has 0 saturated carbocycles. The van der Waals surface area contributed by atoms with E-state index in [2.05, 4.69) is 0 Å². The zero-order valence-corrected chi connectivity index (χ0v) is 14.2. The largest absolute Gasteiger partial charge is 1.00 e. The Morgan fingerprint density at radius 1 is 0.840 bits per heavy atom. The average Bonchev–Trinajstić information content (AvgIpc) is 2.64. The predicted molar refractivity (Wildman–Crippen MR) is 93.1 cm³/mol. The van der Waals surface area contributed by atoms with E-state index in [1.165, 1.54) is 0 Å². The quantitative estimate of drug-likeness (QED) is 0.477. The SMILES string of the molecule is O=c1c2ccccc2nc(C[n+]2ccccc2)n1-c1ccccc1.[Cl-]. The fraction of sp³-hybridized carbons (Fsp3) is 0.0500. The highest BCUT2D eigenvalue weighted by molar-refractivity contribution is 5.77. The molecule has 25 heavy (non-hydrogen) atoms. The molecule has 0 aliphatic heterocycles. The maximum absolute atomic E-state index is 13.1. The summed E-state index contributed by atoms with van der Waals surface area (Å²) in [7, 11) is 0. The van der Waals surface area contributed by atoms with Gasteiger partial charge in [-0.1, -0.05) is 36.4 Å². The van der Waals surface area contributed by atoms with Gasteiger partial charge in [-0.3, -0.25) is 9.36 Å². The molecule has 0 aliphatic rings. The van der Waals surface area contributed by atoms with Gasteiger partial charge in [0.2, 0.25) is 6.54 Å². The van der Waals surface area contributed by atoms with Gasteiger partial charge in [-0.2, -0.15) is 4.57 Å². The molecule has 0 amide bonds. The van der Waals surface area contributed by atoms with Crippen molar-refractivity contribution in [2.75, 3.05) is 0 Å². The highest BCUT2D eigenvalue weighted by atomic mass is 35.5. The summed E-state index contributed by atoms with van der Waals surface area (Å²) in [5.41, 5.74) is 1.51. The van der Waals surface area contributed by atoms with Crippen LogP contribution >= 0.6 is 0 Å². The van der Waals surface area contributed by atoms with Crippen LogP contribution in [0.3, 0.4) is 0 Å². The van der Waals surface area contributed by atoms with E-state index in [1.54, 1.807) is 4.57 Å². The molecule has 0 saturated heterocycles. The number of hydrogen-bond acceptors (Lipinski definition) is 2. The molecule has 4 aromatic rings. The van der Waals surface area contributed by atoms with Crippen LogP contribution in [0.25, 0.3) is 16.6 Å². The molecule has 0 atom stereocenters. The number of pyridine rings is 1. The number of nitrogens with zero attached hydrogens (tertiary/aromatic N) is 3. The van der Waals surface area contributed by atoms with E-state index in [9.17, 15) is 4.79 Å². The van der Waals surface area contributed by atoms with E-state index in [0.717, 1.165) is 11.2 Å². The second-order valence-electron chi connectivity index (χ2n) is 5.57. The Morgan fingerprint density at radius 3 is 2.24 bits per heavy atom. The maximum Gasteiger partial charge on any atom is 0.266 e. The van der Waals surface area contributed by atoms with Crippen LogP contribution in [0.4, 0.5) is 0 Å². The van der Waals surface area contributed by atoms with Crippen LogP contribution in [0.2, 0.25) is 0 Å². The summed E-state index contributed by atoms with van der Waals surface area (Å²) >= 11 is 0. The van der Waals surface area contributed by atoms with Crippen LogP contribution in [0, 0.1) is 0 Å². The Kier molecular flexibility index (Phi) is 4.91. The predicted octanol–water partition coefficient (Wildman–Crippen LogP) is -0.275. The third-order valence-electron chi connectivity index (χ3n) is 3.96. The van der Waals surface area contributed by atoms with E-state index in [4.69, 9.17) is 4.98 Å². The van der Waals surface area contributed by atoms with Gasteiger partial charge in [0.15, 0.2) is 18.2 Å². The zero-order chi connectivity index (χ0) is 16.4. The molecule has 4 nitrogen and oxygen atoms in total. The van der Waals surface area contributed by atoms with Gasteiger partial charge in [-0.15, -0.1) is 0 Å². The monoisotopic (exact) mass is 349 g/mol. The van der Waals surface area contributed by atoms with Gasteiger partial charge >= 0.3 is 0 Å². The Bertz CT molecular complexity index is 1050. The number of para-hydroxylation sites is 2. The van der Waals surface area contributed by atoms with E-state index in [0.29, 0.717) is 17.8 Å². The maximum atomic E-state index is 13.1. The van der Waals surface area contributed by atoms with Crippen molar-refractivity contribution in [1.82, 2.24) is 9.55 Å². The minimum atomic E-state index is -0.0432. The Labute approximate surface area is 151 Å². The standard InChI is InChI=1S/C20H16N3O.ClH/c24-20-17-11-5-6-12-18(17)21-19(15-22-13-7-2-8-14-22)23(20)16-9-3-1-4-10-16;/h1-14H,15H2;1H/q+1;/p-1. The van der Waals surface area contributed by atoms with Crippen molar-refractivity contribution in [3.8, 4) is 5.69 Å². The molecule has 0 N–H and O–H groups in total. The number of halogens is 1. The summed E-state index contributed by atoms with van der Waals surface area (Å²) in [6, 6.07) is 23.0. The van der Waals surface area contributed by atoms with E-state index < -0.39 is 0 Å². The molecule has 0 fully saturated rings. The van der Waals surface area contributed by atoms with Crippen molar-refractivity contribution in [3.63, 3.8) is 0 Å². The number of fused-ring (bicyclic) bond motifs is 1. The third kappa shape index (κ3) is 3.30. The van der Waals surface area contributed by atoms with Crippen molar-refractivity contribution in [2.45, 2.75) is 6.54 Å². The highest BCUT2D eigenvalue weighted by Gasteiger charge is 2.15. The second kappa shape index (κ2) is 7.28. The van der Waals surface area contributed by atoms with Gasteiger partial charge in [0.1, 0.15) is 0 Å². The normalized spacial score (nSPS) is 10.4. The van der Waals surface area contributed by atoms with Crippen LogP contribution < -0.4 is 22.5 Å². The molecule has 0 aliphatic carbocycles. The van der Waals surface area contributed by atoms with Crippen molar-refractivity contribution in [1.29, 1.82) is 0 Å². The number of aromatic nitrogens is 3. The summed E-state index contributed by atoms with van der Waals surface area (Å²) < 4.78 is 3.71. The molecule has 0 radical (unpaired) electrons. The van der Waals surface area contributed by atoms with E-state index in [1.807, 2.05) is 89.8 Å². The zero-order valence-electron chi connectivity index (χ0n) is 13.4. The second-order valence-corrected chi connectivity index (χ2v) is 5.57. The van der Waals surface area contributed by atoms with E-state index in [-0.39, 0.29) is 18.0 Å². The lowest BCUT2D eigenvalue weighted by Gasteiger charge is -2.11. The first-order valence-corrected chi connectivity index (χ1v) is 7.83. The summed E-state index contributed by atoms with van der Waals surface area (Å²) in [5, 5.41) is 0.628. The summed E-state index contributed by atoms with van der Waals surface area (Å²) in [6.45, 7) is 0.524. The van der Waals surface area contributed by atoms with E-state index >= 15 is 0 Å². The Balaban J connectivity index is 0.00000182. The van der Waals surface area contributed by atoms with Crippen molar-refractivity contribution >= 4 is 10.9 Å². The Morgan fingerprint density at radius 2 is 1.48 bits per heavy atom. The summed E-state index contributed by atoms with van der Waals surface area (Å²) in [5.74, 6) is 0.709. The summed E-state index contributed by atoms with van der Waals surface area (Å²) in [6.07, 6.45) is 3.94. The molecule has 5 heteroatoms. The van der Waals surface area contributed by atoms with Gasteiger partial charge in [0.05, 0.1) is 16.6 Å². The molecular formula is C20H16ClN3O. The van der Waals surface area contributed by atoms with Gasteiger partial charge in [0.25, 0.3) is 5.56 Å². The van der Waals surface area contributed by atoms with Crippen LogP contribution in [0.15, 0.2) is 90.0 Å². The number of rotatable bonds is 3. The first kappa shape index (κ1) is 16.9. The van der Waals surface area contributed by atoms with Crippen LogP contribution in [0.1, 0.15) is 5.82 Å². The molecule has 0 spiro atoms. The molecule has 0 bridgehead atoms. The van der Waals surface area contributed by atoms with Crippen LogP contribution in [-0.2, 0) is 6.54 Å². The minimum absolute atomic E-state index is 0. The van der Waals surface area contributed by atoms with Gasteiger partial charge in [0, 0.05) is 12.1 Å². The van der Waals surface area contributed by atoms with Gasteiger partial charge in [-0.05, 0) is 24.3 Å². The lowest BCUT2D eigenvalue weighted by Crippen LogP contribution is -3.00. The Hall–Kier alpha value is -2.98. The lowest BCUT2D eigenvalue weighted by molar-refractivity contribution is -0.689. The van der Waals surface area contributed by atoms with Gasteiger partial charge < -0.3 is 12.4 Å². The molecule has 4 rings (SSSR count). The molecule has 124 valence electrons. The van der Waals surface area contributed by atoms with Crippen molar-refractivity contribution in [3.05, 3.63) is 101 Å². The topological polar surface area (TPSA) is 38.8 Å². The molecule has 2 aromatic heterocycles. The number of hydrogen-bond donors (Lipinski definition) is 0. The smallest absolute Gasteiger partial charge is 0.266 e. The summed E-state index contributed by atoms with van der Waals surface area (Å²) in [4.78, 5) is 17.8. The average molecular weight is 350 g/mol. The number of benzene rings is 2. The van der Waals surface area contributed by atoms with Crippen molar-refractivity contribution in [2.24, 2.45) is 0 Å². The molecule has 0 unspecified atom stereocenters. The lowest BCUT2D eigenvalue weighted by atomic mass is 10.2.